The van der Waals surface area contributed by atoms with Gasteiger partial charge in [0.1, 0.15) is 0 Å². The number of benzene rings is 3. The minimum atomic E-state index is -0.104. The van der Waals surface area contributed by atoms with Gasteiger partial charge in [0.2, 0.25) is 5.91 Å². The maximum atomic E-state index is 12.7. The Labute approximate surface area is 147 Å². The highest BCUT2D eigenvalue weighted by molar-refractivity contribution is 6.10. The fourth-order valence-corrected chi connectivity index (χ4v) is 2.68. The van der Waals surface area contributed by atoms with Gasteiger partial charge in [-0.15, -0.1) is 0 Å². The Bertz CT molecular complexity index is 886. The lowest BCUT2D eigenvalue weighted by Gasteiger charge is -2.10. The van der Waals surface area contributed by atoms with Gasteiger partial charge >= 0.3 is 0 Å². The molecule has 0 heterocycles. The van der Waals surface area contributed by atoms with Crippen LogP contribution in [0, 0.1) is 6.92 Å². The molecule has 0 aliphatic carbocycles. The third-order valence-electron chi connectivity index (χ3n) is 4.01. The Balaban J connectivity index is 1.77. The molecule has 1 amide bonds. The summed E-state index contributed by atoms with van der Waals surface area (Å²) in [5, 5.41) is 2.87. The highest BCUT2D eigenvalue weighted by Gasteiger charge is 2.13. The molecule has 0 saturated carbocycles. The molecule has 0 unspecified atom stereocenters. The van der Waals surface area contributed by atoms with Crippen molar-refractivity contribution >= 4 is 17.4 Å². The monoisotopic (exact) mass is 329 g/mol. The van der Waals surface area contributed by atoms with Gasteiger partial charge < -0.3 is 5.32 Å². The first-order chi connectivity index (χ1) is 12.1. The highest BCUT2D eigenvalue weighted by Crippen LogP contribution is 2.19. The molecule has 0 radical (unpaired) electrons. The maximum absolute atomic E-state index is 12.7. The van der Waals surface area contributed by atoms with E-state index in [4.69, 9.17) is 0 Å². The van der Waals surface area contributed by atoms with Crippen LogP contribution in [0.15, 0.2) is 78.9 Å². The van der Waals surface area contributed by atoms with Crippen molar-refractivity contribution < 1.29 is 9.59 Å². The van der Waals surface area contributed by atoms with E-state index in [1.165, 1.54) is 0 Å². The van der Waals surface area contributed by atoms with Crippen molar-refractivity contribution in [3.63, 3.8) is 0 Å². The topological polar surface area (TPSA) is 46.2 Å². The third kappa shape index (κ3) is 4.21. The van der Waals surface area contributed by atoms with Crippen LogP contribution in [0.1, 0.15) is 27.0 Å². The van der Waals surface area contributed by atoms with E-state index in [1.807, 2.05) is 67.6 Å². The average Bonchev–Trinajstić information content (AvgIpc) is 2.64. The zero-order valence-corrected chi connectivity index (χ0v) is 14.0. The second-order valence-electron chi connectivity index (χ2n) is 5.94. The SMILES string of the molecule is Cc1ccc(NC(=O)Cc2ccccc2)cc1C(=O)c1ccccc1. The van der Waals surface area contributed by atoms with Gasteiger partial charge in [0.25, 0.3) is 0 Å². The Kier molecular flexibility index (Phi) is 5.05. The molecule has 0 saturated heterocycles. The molecule has 3 rings (SSSR count). The van der Waals surface area contributed by atoms with Crippen LogP contribution in [0.2, 0.25) is 0 Å². The maximum Gasteiger partial charge on any atom is 0.228 e. The van der Waals surface area contributed by atoms with Crippen molar-refractivity contribution in [1.29, 1.82) is 0 Å². The van der Waals surface area contributed by atoms with Gasteiger partial charge in [-0.05, 0) is 30.2 Å². The Morgan fingerprint density at radius 2 is 1.48 bits per heavy atom. The van der Waals surface area contributed by atoms with Crippen molar-refractivity contribution in [3.05, 3.63) is 101 Å². The molecule has 0 aromatic heterocycles. The van der Waals surface area contributed by atoms with E-state index < -0.39 is 0 Å². The van der Waals surface area contributed by atoms with Gasteiger partial charge in [-0.2, -0.15) is 0 Å². The van der Waals surface area contributed by atoms with E-state index in [-0.39, 0.29) is 11.7 Å². The number of hydrogen-bond donors (Lipinski definition) is 1. The van der Waals surface area contributed by atoms with Crippen molar-refractivity contribution in [2.75, 3.05) is 5.32 Å². The molecular weight excluding hydrogens is 310 g/mol. The molecule has 3 heteroatoms. The van der Waals surface area contributed by atoms with Crippen molar-refractivity contribution in [2.24, 2.45) is 0 Å². The molecule has 0 bridgehead atoms. The molecule has 3 aromatic rings. The summed E-state index contributed by atoms with van der Waals surface area (Å²) in [6.07, 6.45) is 0.302. The minimum Gasteiger partial charge on any atom is -0.326 e. The van der Waals surface area contributed by atoms with E-state index in [1.54, 1.807) is 18.2 Å². The van der Waals surface area contributed by atoms with Gasteiger partial charge in [0, 0.05) is 16.8 Å². The normalized spacial score (nSPS) is 10.3. The number of aryl methyl sites for hydroxylation is 1. The summed E-state index contributed by atoms with van der Waals surface area (Å²) in [5.41, 5.74) is 3.70. The molecular formula is C22H19NO2. The van der Waals surface area contributed by atoms with Gasteiger partial charge in [0.15, 0.2) is 5.78 Å². The van der Waals surface area contributed by atoms with Crippen LogP contribution >= 0.6 is 0 Å². The summed E-state index contributed by atoms with van der Waals surface area (Å²) >= 11 is 0. The predicted octanol–water partition coefficient (Wildman–Crippen LogP) is 4.41. The molecule has 0 atom stereocenters. The second kappa shape index (κ2) is 7.58. The van der Waals surface area contributed by atoms with E-state index in [9.17, 15) is 9.59 Å². The summed E-state index contributed by atoms with van der Waals surface area (Å²) in [6, 6.07) is 24.1. The van der Waals surface area contributed by atoms with E-state index in [0.717, 1.165) is 11.1 Å². The largest absolute Gasteiger partial charge is 0.326 e. The minimum absolute atomic E-state index is 0.0442. The summed E-state index contributed by atoms with van der Waals surface area (Å²) in [4.78, 5) is 24.9. The Hall–Kier alpha value is -3.20. The lowest BCUT2D eigenvalue weighted by molar-refractivity contribution is -0.115. The number of carbonyl (C=O) groups is 2. The van der Waals surface area contributed by atoms with Gasteiger partial charge in [-0.25, -0.2) is 0 Å². The summed E-state index contributed by atoms with van der Waals surface area (Å²) in [7, 11) is 0. The van der Waals surface area contributed by atoms with Gasteiger partial charge in [-0.1, -0.05) is 66.7 Å². The van der Waals surface area contributed by atoms with E-state index >= 15 is 0 Å². The van der Waals surface area contributed by atoms with Crippen LogP contribution in [0.4, 0.5) is 5.69 Å². The lowest BCUT2D eigenvalue weighted by atomic mass is 9.98. The molecule has 25 heavy (non-hydrogen) atoms. The van der Waals surface area contributed by atoms with Crippen LogP contribution in [0.25, 0.3) is 0 Å². The second-order valence-corrected chi connectivity index (χ2v) is 5.94. The summed E-state index contributed by atoms with van der Waals surface area (Å²) in [5.74, 6) is -0.148. The molecule has 0 fully saturated rings. The molecule has 0 aliphatic rings. The number of hydrogen-bond acceptors (Lipinski definition) is 2. The van der Waals surface area contributed by atoms with Gasteiger partial charge in [-0.3, -0.25) is 9.59 Å². The number of anilines is 1. The number of nitrogens with one attached hydrogen (secondary N) is 1. The Morgan fingerprint density at radius 1 is 0.840 bits per heavy atom. The summed E-state index contributed by atoms with van der Waals surface area (Å²) in [6.45, 7) is 1.89. The standard InChI is InChI=1S/C22H19NO2/c1-16-12-13-19(23-21(24)14-17-8-4-2-5-9-17)15-20(16)22(25)18-10-6-3-7-11-18/h2-13,15H,14H2,1H3,(H,23,24). The fraction of sp³-hybridized carbons (Fsp3) is 0.0909. The molecule has 1 N–H and O–H groups in total. The van der Waals surface area contributed by atoms with Crippen molar-refractivity contribution in [1.82, 2.24) is 0 Å². The first-order valence-corrected chi connectivity index (χ1v) is 8.17. The van der Waals surface area contributed by atoms with Crippen molar-refractivity contribution in [3.8, 4) is 0 Å². The van der Waals surface area contributed by atoms with Crippen LogP contribution in [0.3, 0.4) is 0 Å². The van der Waals surface area contributed by atoms with Crippen LogP contribution in [0.5, 0.6) is 0 Å². The molecule has 3 nitrogen and oxygen atoms in total. The van der Waals surface area contributed by atoms with E-state index in [2.05, 4.69) is 5.32 Å². The first-order valence-electron chi connectivity index (χ1n) is 8.17. The number of ketones is 1. The average molecular weight is 329 g/mol. The lowest BCUT2D eigenvalue weighted by Crippen LogP contribution is -2.15. The molecule has 0 spiro atoms. The zero-order chi connectivity index (χ0) is 17.6. The zero-order valence-electron chi connectivity index (χ0n) is 14.0. The van der Waals surface area contributed by atoms with Gasteiger partial charge in [0.05, 0.1) is 6.42 Å². The highest BCUT2D eigenvalue weighted by atomic mass is 16.1. The fourth-order valence-electron chi connectivity index (χ4n) is 2.68. The van der Waals surface area contributed by atoms with Crippen LogP contribution in [-0.4, -0.2) is 11.7 Å². The van der Waals surface area contributed by atoms with Crippen molar-refractivity contribution in [2.45, 2.75) is 13.3 Å². The quantitative estimate of drug-likeness (QED) is 0.705. The number of amides is 1. The third-order valence-corrected chi connectivity index (χ3v) is 4.01. The predicted molar refractivity (Wildman–Crippen MR) is 99.8 cm³/mol. The summed E-state index contributed by atoms with van der Waals surface area (Å²) < 4.78 is 0. The number of rotatable bonds is 5. The first kappa shape index (κ1) is 16.7. The Morgan fingerprint density at radius 3 is 2.16 bits per heavy atom. The van der Waals surface area contributed by atoms with E-state index in [0.29, 0.717) is 23.2 Å². The van der Waals surface area contributed by atoms with Crippen LogP contribution in [-0.2, 0) is 11.2 Å². The molecule has 0 aliphatic heterocycles. The van der Waals surface area contributed by atoms with Crippen LogP contribution < -0.4 is 5.32 Å². The number of carbonyl (C=O) groups excluding carboxylic acids is 2. The smallest absolute Gasteiger partial charge is 0.228 e. The molecule has 3 aromatic carbocycles. The molecule has 124 valence electrons.